The van der Waals surface area contributed by atoms with E-state index < -0.39 is 4.92 Å². The molecular formula is C14H11BrN2O3. The molecule has 0 heterocycles. The number of nitrogens with one attached hydrogen (secondary N) is 1. The quantitative estimate of drug-likeness (QED) is 0.681. The predicted molar refractivity (Wildman–Crippen MR) is 80.5 cm³/mol. The van der Waals surface area contributed by atoms with E-state index in [9.17, 15) is 14.9 Å². The van der Waals surface area contributed by atoms with Gasteiger partial charge in [-0.05, 0) is 51.3 Å². The first-order chi connectivity index (χ1) is 9.47. The van der Waals surface area contributed by atoms with Gasteiger partial charge in [0.1, 0.15) is 0 Å². The maximum atomic E-state index is 11.0. The Labute approximate surface area is 123 Å². The van der Waals surface area contributed by atoms with E-state index in [4.69, 9.17) is 0 Å². The average Bonchev–Trinajstić information content (AvgIpc) is 2.41. The Hall–Kier alpha value is -2.21. The molecule has 6 heteroatoms. The van der Waals surface area contributed by atoms with Crippen LogP contribution in [0.25, 0.3) is 11.1 Å². The number of hydrogen-bond donors (Lipinski definition) is 1. The summed E-state index contributed by atoms with van der Waals surface area (Å²) in [6.45, 7) is 1.44. The Kier molecular flexibility index (Phi) is 4.14. The van der Waals surface area contributed by atoms with Crippen molar-refractivity contribution in [2.24, 2.45) is 0 Å². The number of carbonyl (C=O) groups excluding carboxylic acids is 1. The average molecular weight is 335 g/mol. The van der Waals surface area contributed by atoms with Gasteiger partial charge in [-0.2, -0.15) is 0 Å². The molecule has 0 radical (unpaired) electrons. The van der Waals surface area contributed by atoms with Gasteiger partial charge in [0.05, 0.1) is 10.6 Å². The van der Waals surface area contributed by atoms with Crippen molar-refractivity contribution in [2.75, 3.05) is 5.32 Å². The SMILES string of the molecule is CC(=O)Nc1ccc(-c2ccc([N+](=O)[O-])cc2)cc1Br. The normalized spacial score (nSPS) is 10.1. The molecule has 0 atom stereocenters. The topological polar surface area (TPSA) is 72.2 Å². The Balaban J connectivity index is 2.31. The van der Waals surface area contributed by atoms with Gasteiger partial charge in [-0.1, -0.05) is 6.07 Å². The Morgan fingerprint density at radius 2 is 1.75 bits per heavy atom. The standard InChI is InChI=1S/C14H11BrN2O3/c1-9(18)16-14-7-4-11(8-13(14)15)10-2-5-12(6-3-10)17(19)20/h2-8H,1H3,(H,16,18). The van der Waals surface area contributed by atoms with Crippen LogP contribution in [0.3, 0.4) is 0 Å². The lowest BCUT2D eigenvalue weighted by atomic mass is 10.1. The van der Waals surface area contributed by atoms with Crippen molar-refractivity contribution in [3.63, 3.8) is 0 Å². The number of rotatable bonds is 3. The van der Waals surface area contributed by atoms with Gasteiger partial charge >= 0.3 is 0 Å². The molecule has 0 saturated heterocycles. The van der Waals surface area contributed by atoms with E-state index in [1.807, 2.05) is 12.1 Å². The summed E-state index contributed by atoms with van der Waals surface area (Å²) in [5.41, 5.74) is 2.51. The third-order valence-corrected chi connectivity index (χ3v) is 3.35. The zero-order chi connectivity index (χ0) is 14.7. The summed E-state index contributed by atoms with van der Waals surface area (Å²) < 4.78 is 0.753. The van der Waals surface area contributed by atoms with Crippen LogP contribution in [0.4, 0.5) is 11.4 Å². The number of anilines is 1. The van der Waals surface area contributed by atoms with E-state index in [-0.39, 0.29) is 11.6 Å². The molecular weight excluding hydrogens is 324 g/mol. The number of nitrogens with zero attached hydrogens (tertiary/aromatic N) is 1. The van der Waals surface area contributed by atoms with E-state index in [2.05, 4.69) is 21.2 Å². The zero-order valence-corrected chi connectivity index (χ0v) is 12.2. The van der Waals surface area contributed by atoms with Gasteiger partial charge in [-0.3, -0.25) is 14.9 Å². The van der Waals surface area contributed by atoms with E-state index in [0.29, 0.717) is 5.69 Å². The van der Waals surface area contributed by atoms with Crippen molar-refractivity contribution < 1.29 is 9.72 Å². The lowest BCUT2D eigenvalue weighted by Crippen LogP contribution is -2.06. The van der Waals surface area contributed by atoms with Crippen LogP contribution in [0, 0.1) is 10.1 Å². The highest BCUT2D eigenvalue weighted by Crippen LogP contribution is 2.30. The maximum absolute atomic E-state index is 11.0. The number of carbonyl (C=O) groups is 1. The molecule has 1 N–H and O–H groups in total. The third kappa shape index (κ3) is 3.21. The minimum atomic E-state index is -0.431. The molecule has 0 fully saturated rings. The molecule has 0 aliphatic heterocycles. The second kappa shape index (κ2) is 5.83. The largest absolute Gasteiger partial charge is 0.325 e. The third-order valence-electron chi connectivity index (χ3n) is 2.69. The van der Waals surface area contributed by atoms with Gasteiger partial charge in [-0.15, -0.1) is 0 Å². The van der Waals surface area contributed by atoms with E-state index in [1.165, 1.54) is 19.1 Å². The lowest BCUT2D eigenvalue weighted by Gasteiger charge is -2.08. The highest BCUT2D eigenvalue weighted by atomic mass is 79.9. The fraction of sp³-hybridized carbons (Fsp3) is 0.0714. The van der Waals surface area contributed by atoms with Crippen LogP contribution in [-0.4, -0.2) is 10.8 Å². The van der Waals surface area contributed by atoms with Gasteiger partial charge < -0.3 is 5.32 Å². The molecule has 2 rings (SSSR count). The van der Waals surface area contributed by atoms with Crippen LogP contribution in [0.5, 0.6) is 0 Å². The van der Waals surface area contributed by atoms with Crippen molar-refractivity contribution >= 4 is 33.2 Å². The summed E-state index contributed by atoms with van der Waals surface area (Å²) in [7, 11) is 0. The van der Waals surface area contributed by atoms with Gasteiger partial charge in [0.15, 0.2) is 0 Å². The van der Waals surface area contributed by atoms with Crippen LogP contribution < -0.4 is 5.32 Å². The van der Waals surface area contributed by atoms with Crippen LogP contribution in [0.2, 0.25) is 0 Å². The fourth-order valence-electron chi connectivity index (χ4n) is 1.76. The summed E-state index contributed by atoms with van der Waals surface area (Å²) >= 11 is 3.39. The molecule has 2 aromatic carbocycles. The highest BCUT2D eigenvalue weighted by molar-refractivity contribution is 9.10. The van der Waals surface area contributed by atoms with Gasteiger partial charge in [0.2, 0.25) is 5.91 Å². The number of benzene rings is 2. The number of nitro groups is 1. The van der Waals surface area contributed by atoms with Gasteiger partial charge in [0.25, 0.3) is 5.69 Å². The summed E-state index contributed by atoms with van der Waals surface area (Å²) in [6, 6.07) is 11.8. The molecule has 0 aromatic heterocycles. The maximum Gasteiger partial charge on any atom is 0.269 e. The van der Waals surface area contributed by atoms with E-state index in [0.717, 1.165) is 15.6 Å². The molecule has 0 unspecified atom stereocenters. The number of nitro benzene ring substituents is 1. The summed E-state index contributed by atoms with van der Waals surface area (Å²) in [4.78, 5) is 21.2. The first-order valence-corrected chi connectivity index (χ1v) is 6.58. The summed E-state index contributed by atoms with van der Waals surface area (Å²) in [6.07, 6.45) is 0. The van der Waals surface area contributed by atoms with Crippen molar-refractivity contribution in [1.29, 1.82) is 0 Å². The second-order valence-corrected chi connectivity index (χ2v) is 5.03. The first kappa shape index (κ1) is 14.2. The molecule has 2 aromatic rings. The van der Waals surface area contributed by atoms with Crippen molar-refractivity contribution in [3.05, 3.63) is 57.1 Å². The molecule has 0 aliphatic rings. The summed E-state index contributed by atoms with van der Waals surface area (Å²) in [5.74, 6) is -0.145. The Bertz CT molecular complexity index is 669. The Morgan fingerprint density at radius 1 is 1.15 bits per heavy atom. The van der Waals surface area contributed by atoms with Crippen LogP contribution >= 0.6 is 15.9 Å². The summed E-state index contributed by atoms with van der Waals surface area (Å²) in [5, 5.41) is 13.3. The first-order valence-electron chi connectivity index (χ1n) is 5.79. The monoisotopic (exact) mass is 334 g/mol. The molecule has 20 heavy (non-hydrogen) atoms. The van der Waals surface area contributed by atoms with E-state index >= 15 is 0 Å². The highest BCUT2D eigenvalue weighted by Gasteiger charge is 2.07. The molecule has 0 aliphatic carbocycles. The molecule has 0 spiro atoms. The second-order valence-electron chi connectivity index (χ2n) is 4.18. The van der Waals surface area contributed by atoms with E-state index in [1.54, 1.807) is 18.2 Å². The number of hydrogen-bond acceptors (Lipinski definition) is 3. The number of amides is 1. The van der Waals surface area contributed by atoms with Crippen LogP contribution in [-0.2, 0) is 4.79 Å². The minimum absolute atomic E-state index is 0.0580. The minimum Gasteiger partial charge on any atom is -0.325 e. The smallest absolute Gasteiger partial charge is 0.269 e. The van der Waals surface area contributed by atoms with Crippen molar-refractivity contribution in [1.82, 2.24) is 0 Å². The van der Waals surface area contributed by atoms with Crippen LogP contribution in [0.15, 0.2) is 46.9 Å². The van der Waals surface area contributed by atoms with Gasteiger partial charge in [0, 0.05) is 23.5 Å². The van der Waals surface area contributed by atoms with Crippen LogP contribution in [0.1, 0.15) is 6.92 Å². The molecule has 0 bridgehead atoms. The molecule has 102 valence electrons. The molecule has 1 amide bonds. The number of non-ortho nitro benzene ring substituents is 1. The molecule has 0 saturated carbocycles. The van der Waals surface area contributed by atoms with Crippen molar-refractivity contribution in [2.45, 2.75) is 6.92 Å². The van der Waals surface area contributed by atoms with Crippen molar-refractivity contribution in [3.8, 4) is 11.1 Å². The van der Waals surface area contributed by atoms with Gasteiger partial charge in [-0.25, -0.2) is 0 Å². The fourth-order valence-corrected chi connectivity index (χ4v) is 2.24. The zero-order valence-electron chi connectivity index (χ0n) is 10.6. The lowest BCUT2D eigenvalue weighted by molar-refractivity contribution is -0.384. The predicted octanol–water partition coefficient (Wildman–Crippen LogP) is 3.98. The Morgan fingerprint density at radius 3 is 2.25 bits per heavy atom. The number of halogens is 1. The molecule has 5 nitrogen and oxygen atoms in total.